The van der Waals surface area contributed by atoms with Crippen molar-refractivity contribution in [1.29, 1.82) is 0 Å². The van der Waals surface area contributed by atoms with Gasteiger partial charge in [0.15, 0.2) is 0 Å². The summed E-state index contributed by atoms with van der Waals surface area (Å²) >= 11 is 0. The van der Waals surface area contributed by atoms with E-state index < -0.39 is 6.10 Å². The summed E-state index contributed by atoms with van der Waals surface area (Å²) in [5.41, 5.74) is 1.97. The Balaban J connectivity index is 1.94. The van der Waals surface area contributed by atoms with Crippen molar-refractivity contribution in [2.24, 2.45) is 0 Å². The first-order valence-electron chi connectivity index (χ1n) is 6.23. The summed E-state index contributed by atoms with van der Waals surface area (Å²) in [6, 6.07) is 15.2. The summed E-state index contributed by atoms with van der Waals surface area (Å²) in [4.78, 5) is 0. The quantitative estimate of drug-likeness (QED) is 0.894. The molecule has 0 aliphatic carbocycles. The Hall–Kier alpha value is -2.00. The molecule has 0 aliphatic rings. The highest BCUT2D eigenvalue weighted by Gasteiger charge is 2.01. The van der Waals surface area contributed by atoms with Crippen molar-refractivity contribution in [2.75, 3.05) is 7.11 Å². The van der Waals surface area contributed by atoms with E-state index >= 15 is 0 Å². The van der Waals surface area contributed by atoms with Gasteiger partial charge in [-0.25, -0.2) is 0 Å². The molecule has 0 amide bonds. The fourth-order valence-corrected chi connectivity index (χ4v) is 1.73. The lowest BCUT2D eigenvalue weighted by molar-refractivity contribution is 0.199. The van der Waals surface area contributed by atoms with E-state index in [0.717, 1.165) is 22.6 Å². The standard InChI is InChI=1S/C16H18O3/c1-12(17)14-5-9-16(10-6-14)19-11-13-3-7-15(18-2)8-4-13/h3-10,12,17H,11H2,1-2H3/t12-/m0/s1. The summed E-state index contributed by atoms with van der Waals surface area (Å²) < 4.78 is 10.8. The Bertz CT molecular complexity index is 501. The van der Waals surface area contributed by atoms with Crippen molar-refractivity contribution in [3.63, 3.8) is 0 Å². The first-order chi connectivity index (χ1) is 9.19. The lowest BCUT2D eigenvalue weighted by Gasteiger charge is -2.09. The first kappa shape index (κ1) is 13.4. The van der Waals surface area contributed by atoms with E-state index in [0.29, 0.717) is 6.61 Å². The fraction of sp³-hybridized carbons (Fsp3) is 0.250. The molecule has 3 nitrogen and oxygen atoms in total. The molecule has 3 heteroatoms. The van der Waals surface area contributed by atoms with E-state index in [1.165, 1.54) is 0 Å². The zero-order chi connectivity index (χ0) is 13.7. The van der Waals surface area contributed by atoms with Crippen LogP contribution in [0.15, 0.2) is 48.5 Å². The van der Waals surface area contributed by atoms with Crippen molar-refractivity contribution in [1.82, 2.24) is 0 Å². The van der Waals surface area contributed by atoms with Gasteiger partial charge in [-0.05, 0) is 42.3 Å². The number of benzene rings is 2. The highest BCUT2D eigenvalue weighted by atomic mass is 16.5. The highest BCUT2D eigenvalue weighted by Crippen LogP contribution is 2.19. The van der Waals surface area contributed by atoms with Crippen LogP contribution < -0.4 is 9.47 Å². The zero-order valence-corrected chi connectivity index (χ0v) is 11.2. The summed E-state index contributed by atoms with van der Waals surface area (Å²) in [6.07, 6.45) is -0.448. The van der Waals surface area contributed by atoms with Gasteiger partial charge in [0.05, 0.1) is 13.2 Å². The minimum Gasteiger partial charge on any atom is -0.497 e. The van der Waals surface area contributed by atoms with Crippen LogP contribution in [-0.4, -0.2) is 12.2 Å². The topological polar surface area (TPSA) is 38.7 Å². The van der Waals surface area contributed by atoms with Gasteiger partial charge in [0, 0.05) is 0 Å². The number of aliphatic hydroxyl groups is 1. The monoisotopic (exact) mass is 258 g/mol. The van der Waals surface area contributed by atoms with Crippen LogP contribution in [-0.2, 0) is 6.61 Å². The van der Waals surface area contributed by atoms with Gasteiger partial charge in [-0.15, -0.1) is 0 Å². The third-order valence-corrected chi connectivity index (χ3v) is 2.93. The second kappa shape index (κ2) is 6.25. The van der Waals surface area contributed by atoms with E-state index in [4.69, 9.17) is 9.47 Å². The molecule has 0 unspecified atom stereocenters. The van der Waals surface area contributed by atoms with Crippen molar-refractivity contribution < 1.29 is 14.6 Å². The number of hydrogen-bond donors (Lipinski definition) is 1. The van der Waals surface area contributed by atoms with Crippen LogP contribution in [0.1, 0.15) is 24.2 Å². The third-order valence-electron chi connectivity index (χ3n) is 2.93. The Morgan fingerprint density at radius 1 is 0.947 bits per heavy atom. The van der Waals surface area contributed by atoms with Crippen LogP contribution in [0, 0.1) is 0 Å². The van der Waals surface area contributed by atoms with E-state index in [1.54, 1.807) is 14.0 Å². The van der Waals surface area contributed by atoms with Gasteiger partial charge in [0.1, 0.15) is 18.1 Å². The van der Waals surface area contributed by atoms with Gasteiger partial charge in [-0.3, -0.25) is 0 Å². The Morgan fingerprint density at radius 3 is 2.05 bits per heavy atom. The Morgan fingerprint density at radius 2 is 1.53 bits per heavy atom. The van der Waals surface area contributed by atoms with E-state index in [1.807, 2.05) is 48.5 Å². The normalized spacial score (nSPS) is 11.9. The number of aliphatic hydroxyl groups excluding tert-OH is 1. The zero-order valence-electron chi connectivity index (χ0n) is 11.2. The molecule has 19 heavy (non-hydrogen) atoms. The predicted molar refractivity (Wildman–Crippen MR) is 74.4 cm³/mol. The maximum atomic E-state index is 9.42. The smallest absolute Gasteiger partial charge is 0.119 e. The van der Waals surface area contributed by atoms with Gasteiger partial charge in [-0.2, -0.15) is 0 Å². The second-order valence-corrected chi connectivity index (χ2v) is 4.38. The maximum absolute atomic E-state index is 9.42. The van der Waals surface area contributed by atoms with Crippen LogP contribution in [0.25, 0.3) is 0 Å². The molecular formula is C16H18O3. The molecule has 1 N–H and O–H groups in total. The molecule has 0 saturated carbocycles. The lowest BCUT2D eigenvalue weighted by atomic mass is 10.1. The molecule has 0 bridgehead atoms. The van der Waals surface area contributed by atoms with Crippen LogP contribution >= 0.6 is 0 Å². The van der Waals surface area contributed by atoms with Crippen molar-refractivity contribution in [3.05, 3.63) is 59.7 Å². The molecule has 2 aromatic rings. The van der Waals surface area contributed by atoms with Gasteiger partial charge < -0.3 is 14.6 Å². The highest BCUT2D eigenvalue weighted by molar-refractivity contribution is 5.30. The van der Waals surface area contributed by atoms with E-state index in [-0.39, 0.29) is 0 Å². The SMILES string of the molecule is COc1ccc(COc2ccc([C@H](C)O)cc2)cc1. The fourth-order valence-electron chi connectivity index (χ4n) is 1.73. The van der Waals surface area contributed by atoms with Gasteiger partial charge in [0.25, 0.3) is 0 Å². The Labute approximate surface area is 113 Å². The molecule has 100 valence electrons. The van der Waals surface area contributed by atoms with Crippen molar-refractivity contribution >= 4 is 0 Å². The lowest BCUT2D eigenvalue weighted by Crippen LogP contribution is -1.96. The summed E-state index contributed by atoms with van der Waals surface area (Å²) in [5, 5.41) is 9.42. The van der Waals surface area contributed by atoms with Gasteiger partial charge in [0.2, 0.25) is 0 Å². The van der Waals surface area contributed by atoms with E-state index in [9.17, 15) is 5.11 Å². The molecule has 0 fully saturated rings. The number of rotatable bonds is 5. The maximum Gasteiger partial charge on any atom is 0.119 e. The van der Waals surface area contributed by atoms with Crippen LogP contribution in [0.4, 0.5) is 0 Å². The number of ether oxygens (including phenoxy) is 2. The molecular weight excluding hydrogens is 240 g/mol. The van der Waals surface area contributed by atoms with Gasteiger partial charge in [-0.1, -0.05) is 24.3 Å². The first-order valence-corrected chi connectivity index (χ1v) is 6.23. The van der Waals surface area contributed by atoms with Crippen molar-refractivity contribution in [3.8, 4) is 11.5 Å². The summed E-state index contributed by atoms with van der Waals surface area (Å²) in [7, 11) is 1.65. The van der Waals surface area contributed by atoms with Crippen LogP contribution in [0.3, 0.4) is 0 Å². The van der Waals surface area contributed by atoms with Crippen LogP contribution in [0.5, 0.6) is 11.5 Å². The average molecular weight is 258 g/mol. The molecule has 0 radical (unpaired) electrons. The number of methoxy groups -OCH3 is 1. The predicted octanol–water partition coefficient (Wildman–Crippen LogP) is 3.33. The molecule has 2 aromatic carbocycles. The Kier molecular flexibility index (Phi) is 4.42. The molecule has 0 aromatic heterocycles. The minimum absolute atomic E-state index is 0.448. The molecule has 1 atom stereocenters. The number of hydrogen-bond acceptors (Lipinski definition) is 3. The average Bonchev–Trinajstić information content (AvgIpc) is 2.46. The van der Waals surface area contributed by atoms with Crippen LogP contribution in [0.2, 0.25) is 0 Å². The van der Waals surface area contributed by atoms with Crippen molar-refractivity contribution in [2.45, 2.75) is 19.6 Å². The molecule has 0 heterocycles. The molecule has 0 saturated heterocycles. The largest absolute Gasteiger partial charge is 0.497 e. The van der Waals surface area contributed by atoms with E-state index in [2.05, 4.69) is 0 Å². The van der Waals surface area contributed by atoms with Gasteiger partial charge >= 0.3 is 0 Å². The second-order valence-electron chi connectivity index (χ2n) is 4.38. The molecule has 0 spiro atoms. The summed E-state index contributed by atoms with van der Waals surface area (Å²) in [5.74, 6) is 1.63. The minimum atomic E-state index is -0.448. The third kappa shape index (κ3) is 3.73. The molecule has 2 rings (SSSR count). The molecule has 0 aliphatic heterocycles. The summed E-state index contributed by atoms with van der Waals surface area (Å²) in [6.45, 7) is 2.26.